The Labute approximate surface area is 98.9 Å². The highest BCUT2D eigenvalue weighted by Crippen LogP contribution is 2.70. The van der Waals surface area contributed by atoms with E-state index >= 15 is 0 Å². The average Bonchev–Trinajstić information content (AvgIpc) is 2.82. The minimum absolute atomic E-state index is 0.0481. The van der Waals surface area contributed by atoms with Crippen LogP contribution in [-0.2, 0) is 0 Å². The molecule has 2 fully saturated rings. The fourth-order valence-corrected chi connectivity index (χ4v) is 4.77. The molecule has 16 heavy (non-hydrogen) atoms. The van der Waals surface area contributed by atoms with Crippen LogP contribution in [0.3, 0.4) is 0 Å². The lowest BCUT2D eigenvalue weighted by Crippen LogP contribution is -2.25. The second kappa shape index (κ2) is 2.93. The van der Waals surface area contributed by atoms with Gasteiger partial charge in [0.2, 0.25) is 0 Å². The Hall–Kier alpha value is -0.300. The summed E-state index contributed by atoms with van der Waals surface area (Å²) in [6.45, 7) is 9.40. The van der Waals surface area contributed by atoms with E-state index in [9.17, 15) is 5.11 Å². The number of hydrogen-bond acceptors (Lipinski definition) is 1. The van der Waals surface area contributed by atoms with Crippen molar-refractivity contribution < 1.29 is 5.11 Å². The first kappa shape index (κ1) is 10.8. The van der Waals surface area contributed by atoms with Crippen LogP contribution < -0.4 is 0 Å². The van der Waals surface area contributed by atoms with E-state index in [0.717, 1.165) is 18.3 Å². The van der Waals surface area contributed by atoms with Crippen LogP contribution in [0.15, 0.2) is 11.1 Å². The minimum Gasteiger partial charge on any atom is -0.393 e. The minimum atomic E-state index is -0.0481. The van der Waals surface area contributed by atoms with E-state index in [1.807, 2.05) is 0 Å². The molecular weight excluding hydrogens is 196 g/mol. The monoisotopic (exact) mass is 220 g/mol. The Bertz CT molecular complexity index is 370. The molecule has 0 amide bonds. The topological polar surface area (TPSA) is 20.2 Å². The SMILES string of the molecule is CC1=C(C)C2C3CC3(C)C(O)CCC2(C)C1. The van der Waals surface area contributed by atoms with Crippen molar-refractivity contribution in [2.24, 2.45) is 22.7 Å². The highest BCUT2D eigenvalue weighted by atomic mass is 16.3. The van der Waals surface area contributed by atoms with Gasteiger partial charge in [0.25, 0.3) is 0 Å². The van der Waals surface area contributed by atoms with E-state index in [0.29, 0.717) is 5.41 Å². The predicted octanol–water partition coefficient (Wildman–Crippen LogP) is 3.53. The largest absolute Gasteiger partial charge is 0.393 e. The van der Waals surface area contributed by atoms with Gasteiger partial charge in [-0.2, -0.15) is 0 Å². The van der Waals surface area contributed by atoms with Crippen molar-refractivity contribution in [2.75, 3.05) is 0 Å². The summed E-state index contributed by atoms with van der Waals surface area (Å²) in [5.74, 6) is 1.52. The Balaban J connectivity index is 2.01. The summed E-state index contributed by atoms with van der Waals surface area (Å²) in [7, 11) is 0. The molecule has 0 saturated heterocycles. The van der Waals surface area contributed by atoms with Crippen molar-refractivity contribution >= 4 is 0 Å². The van der Waals surface area contributed by atoms with Crippen molar-refractivity contribution in [3.63, 3.8) is 0 Å². The van der Waals surface area contributed by atoms with Crippen molar-refractivity contribution in [3.8, 4) is 0 Å². The van der Waals surface area contributed by atoms with Crippen LogP contribution in [0.25, 0.3) is 0 Å². The molecule has 0 bridgehead atoms. The maximum absolute atomic E-state index is 10.3. The first-order valence-corrected chi connectivity index (χ1v) is 6.73. The number of allylic oxidation sites excluding steroid dienone is 2. The zero-order chi connectivity index (χ0) is 11.7. The summed E-state index contributed by atoms with van der Waals surface area (Å²) >= 11 is 0. The summed E-state index contributed by atoms with van der Waals surface area (Å²) in [6.07, 6.45) is 4.69. The third kappa shape index (κ3) is 1.16. The van der Waals surface area contributed by atoms with Crippen molar-refractivity contribution in [1.82, 2.24) is 0 Å². The Kier molecular flexibility index (Phi) is 1.98. The molecule has 0 heterocycles. The molecule has 0 aromatic carbocycles. The second-order valence-corrected chi connectivity index (χ2v) is 7.14. The maximum atomic E-state index is 10.3. The predicted molar refractivity (Wildman–Crippen MR) is 66.0 cm³/mol. The summed E-state index contributed by atoms with van der Waals surface area (Å²) in [4.78, 5) is 0. The van der Waals surface area contributed by atoms with Crippen LogP contribution in [0.1, 0.15) is 53.4 Å². The zero-order valence-corrected chi connectivity index (χ0v) is 11.0. The van der Waals surface area contributed by atoms with Gasteiger partial charge in [-0.25, -0.2) is 0 Å². The first-order chi connectivity index (χ1) is 7.38. The smallest absolute Gasteiger partial charge is 0.0597 e. The van der Waals surface area contributed by atoms with E-state index in [1.165, 1.54) is 19.3 Å². The molecule has 5 unspecified atom stereocenters. The summed E-state index contributed by atoms with van der Waals surface area (Å²) < 4.78 is 0. The van der Waals surface area contributed by atoms with Crippen LogP contribution in [0.5, 0.6) is 0 Å². The molecule has 0 spiro atoms. The molecule has 5 atom stereocenters. The van der Waals surface area contributed by atoms with Gasteiger partial charge in [-0.1, -0.05) is 25.0 Å². The molecule has 3 aliphatic rings. The maximum Gasteiger partial charge on any atom is 0.0597 e. The quantitative estimate of drug-likeness (QED) is 0.619. The highest BCUT2D eigenvalue weighted by molar-refractivity contribution is 5.30. The Morgan fingerprint density at radius 3 is 2.62 bits per heavy atom. The second-order valence-electron chi connectivity index (χ2n) is 7.14. The number of hydrogen-bond donors (Lipinski definition) is 1. The van der Waals surface area contributed by atoms with Gasteiger partial charge in [0, 0.05) is 0 Å². The molecule has 1 nitrogen and oxygen atoms in total. The van der Waals surface area contributed by atoms with Crippen molar-refractivity contribution in [2.45, 2.75) is 59.5 Å². The van der Waals surface area contributed by atoms with Crippen LogP contribution in [-0.4, -0.2) is 11.2 Å². The van der Waals surface area contributed by atoms with Gasteiger partial charge in [0.15, 0.2) is 0 Å². The molecular formula is C15H24O. The van der Waals surface area contributed by atoms with E-state index in [4.69, 9.17) is 0 Å². The summed E-state index contributed by atoms with van der Waals surface area (Å²) in [6, 6.07) is 0. The van der Waals surface area contributed by atoms with Gasteiger partial charge in [0.05, 0.1) is 6.10 Å². The first-order valence-electron chi connectivity index (χ1n) is 6.73. The van der Waals surface area contributed by atoms with E-state index in [-0.39, 0.29) is 11.5 Å². The van der Waals surface area contributed by atoms with E-state index < -0.39 is 0 Å². The van der Waals surface area contributed by atoms with Crippen molar-refractivity contribution in [1.29, 1.82) is 0 Å². The fourth-order valence-electron chi connectivity index (χ4n) is 4.77. The van der Waals surface area contributed by atoms with Crippen LogP contribution in [0, 0.1) is 22.7 Å². The fraction of sp³-hybridized carbons (Fsp3) is 0.867. The van der Waals surface area contributed by atoms with E-state index in [1.54, 1.807) is 11.1 Å². The van der Waals surface area contributed by atoms with Crippen LogP contribution >= 0.6 is 0 Å². The Morgan fingerprint density at radius 1 is 1.25 bits per heavy atom. The lowest BCUT2D eigenvalue weighted by atomic mass is 9.72. The summed E-state index contributed by atoms with van der Waals surface area (Å²) in [5.41, 5.74) is 3.96. The molecule has 3 rings (SSSR count). The number of aliphatic hydroxyl groups is 1. The Morgan fingerprint density at radius 2 is 1.94 bits per heavy atom. The average molecular weight is 220 g/mol. The van der Waals surface area contributed by atoms with Crippen molar-refractivity contribution in [3.05, 3.63) is 11.1 Å². The molecule has 1 N–H and O–H groups in total. The lowest BCUT2D eigenvalue weighted by Gasteiger charge is -2.32. The number of aliphatic hydroxyl groups excluding tert-OH is 1. The van der Waals surface area contributed by atoms with Gasteiger partial charge in [-0.15, -0.1) is 0 Å². The zero-order valence-electron chi connectivity index (χ0n) is 11.0. The van der Waals surface area contributed by atoms with Gasteiger partial charge in [0.1, 0.15) is 0 Å². The van der Waals surface area contributed by atoms with Gasteiger partial charge in [-0.3, -0.25) is 0 Å². The van der Waals surface area contributed by atoms with Crippen LogP contribution in [0.2, 0.25) is 0 Å². The van der Waals surface area contributed by atoms with Gasteiger partial charge in [-0.05, 0) is 62.2 Å². The lowest BCUT2D eigenvalue weighted by molar-refractivity contribution is 0.0867. The van der Waals surface area contributed by atoms with E-state index in [2.05, 4.69) is 27.7 Å². The molecule has 90 valence electrons. The number of fused-ring (bicyclic) bond motifs is 3. The molecule has 0 aromatic heterocycles. The highest BCUT2D eigenvalue weighted by Gasteiger charge is 2.64. The standard InChI is InChI=1S/C15H24O/c1-9-7-14(3)6-5-12(16)15(4)8-11(15)13(14)10(9)2/h11-13,16H,5-8H2,1-4H3. The molecule has 0 aromatic rings. The normalized spacial score (nSPS) is 55.7. The molecule has 2 saturated carbocycles. The van der Waals surface area contributed by atoms with Crippen LogP contribution in [0.4, 0.5) is 0 Å². The molecule has 0 aliphatic heterocycles. The third-order valence-electron chi connectivity index (χ3n) is 6.06. The van der Waals surface area contributed by atoms with Gasteiger partial charge >= 0.3 is 0 Å². The third-order valence-corrected chi connectivity index (χ3v) is 6.06. The molecule has 0 radical (unpaired) electrons. The summed E-state index contributed by atoms with van der Waals surface area (Å²) in [5, 5.41) is 10.3. The van der Waals surface area contributed by atoms with Gasteiger partial charge < -0.3 is 5.11 Å². The molecule has 3 aliphatic carbocycles. The number of rotatable bonds is 0. The molecule has 1 heteroatoms.